The van der Waals surface area contributed by atoms with Gasteiger partial charge in [0, 0.05) is 6.04 Å². The predicted octanol–water partition coefficient (Wildman–Crippen LogP) is 3.91. The van der Waals surface area contributed by atoms with Crippen molar-refractivity contribution >= 4 is 15.9 Å². The zero-order valence-electron chi connectivity index (χ0n) is 19.1. The molecule has 0 aliphatic heterocycles. The maximum Gasteiger partial charge on any atom is 0.522 e. The minimum atomic E-state index is -4.74. The van der Waals surface area contributed by atoms with E-state index < -0.39 is 76.3 Å². The van der Waals surface area contributed by atoms with Gasteiger partial charge < -0.3 is 10.1 Å². The summed E-state index contributed by atoms with van der Waals surface area (Å²) in [5.41, 5.74) is 0. The number of primary sulfonamides is 1. The molecule has 0 aromatic heterocycles. The lowest BCUT2D eigenvalue weighted by atomic mass is 9.78. The summed E-state index contributed by atoms with van der Waals surface area (Å²) in [6, 6.07) is -0.526. The average Bonchev–Trinajstić information content (AvgIpc) is 2.73. The van der Waals surface area contributed by atoms with Gasteiger partial charge in [-0.05, 0) is 64.2 Å². The molecule has 0 aromatic rings. The summed E-state index contributed by atoms with van der Waals surface area (Å²) in [5, 5.41) is 7.11. The molecule has 5 atom stereocenters. The SMILES string of the molecule is NS(=O)(=O)C1CCCC(NC(=O)C2CC(C(F)(F)F)CCC2OC2CCC(OC(F)(F)F)CC2)C1. The Hall–Kier alpha value is -1.12. The summed E-state index contributed by atoms with van der Waals surface area (Å²) in [7, 11) is -3.80. The second-order valence-corrected chi connectivity index (χ2v) is 11.7. The number of rotatable bonds is 6. The smallest absolute Gasteiger partial charge is 0.374 e. The molecule has 0 bridgehead atoms. The van der Waals surface area contributed by atoms with Crippen LogP contribution in [0.1, 0.15) is 70.6 Å². The molecular formula is C21H32F6N2O5S. The lowest BCUT2D eigenvalue weighted by molar-refractivity contribution is -0.346. The number of carbonyl (C=O) groups excluding carboxylic acids is 1. The van der Waals surface area contributed by atoms with Crippen molar-refractivity contribution < 1.29 is 49.0 Å². The fraction of sp³-hybridized carbons (Fsp3) is 0.952. The van der Waals surface area contributed by atoms with Crippen LogP contribution in [0.2, 0.25) is 0 Å². The Morgan fingerprint density at radius 1 is 0.857 bits per heavy atom. The van der Waals surface area contributed by atoms with E-state index in [1.165, 1.54) is 0 Å². The van der Waals surface area contributed by atoms with E-state index in [4.69, 9.17) is 9.88 Å². The second kappa shape index (κ2) is 11.1. The molecule has 3 fully saturated rings. The predicted molar refractivity (Wildman–Crippen MR) is 112 cm³/mol. The number of halogens is 6. The number of amides is 1. The van der Waals surface area contributed by atoms with Gasteiger partial charge in [0.2, 0.25) is 15.9 Å². The Balaban J connectivity index is 1.63. The molecule has 3 saturated carbocycles. The van der Waals surface area contributed by atoms with Crippen LogP contribution in [0.3, 0.4) is 0 Å². The van der Waals surface area contributed by atoms with Crippen LogP contribution in [-0.4, -0.2) is 56.5 Å². The van der Waals surface area contributed by atoms with Gasteiger partial charge in [0.05, 0.1) is 35.4 Å². The third-order valence-electron chi connectivity index (χ3n) is 7.31. The molecule has 0 spiro atoms. The van der Waals surface area contributed by atoms with Crippen LogP contribution in [0.25, 0.3) is 0 Å². The van der Waals surface area contributed by atoms with Gasteiger partial charge in [-0.15, -0.1) is 13.2 Å². The Morgan fingerprint density at radius 2 is 1.49 bits per heavy atom. The molecule has 204 valence electrons. The quantitative estimate of drug-likeness (QED) is 0.499. The van der Waals surface area contributed by atoms with Gasteiger partial charge in [0.15, 0.2) is 0 Å². The molecule has 3 aliphatic rings. The number of hydrogen-bond donors (Lipinski definition) is 2. The van der Waals surface area contributed by atoms with E-state index in [0.29, 0.717) is 19.3 Å². The van der Waals surface area contributed by atoms with Crippen molar-refractivity contribution in [1.29, 1.82) is 0 Å². The Labute approximate surface area is 200 Å². The minimum absolute atomic E-state index is 0.00822. The fourth-order valence-corrected chi connectivity index (χ4v) is 6.48. The van der Waals surface area contributed by atoms with E-state index in [1.807, 2.05) is 0 Å². The number of nitrogens with two attached hydrogens (primary N) is 1. The van der Waals surface area contributed by atoms with Gasteiger partial charge >= 0.3 is 12.5 Å². The lowest BCUT2D eigenvalue weighted by Gasteiger charge is -2.40. The van der Waals surface area contributed by atoms with E-state index >= 15 is 0 Å². The highest BCUT2D eigenvalue weighted by molar-refractivity contribution is 7.89. The molecular weight excluding hydrogens is 506 g/mol. The Kier molecular flexibility index (Phi) is 9.02. The molecule has 3 N–H and O–H groups in total. The minimum Gasteiger partial charge on any atom is -0.374 e. The van der Waals surface area contributed by atoms with Gasteiger partial charge in [0.1, 0.15) is 0 Å². The number of alkyl halides is 6. The summed E-state index contributed by atoms with van der Waals surface area (Å²) < 4.78 is 111. The van der Waals surface area contributed by atoms with Crippen molar-refractivity contribution in [2.45, 2.75) is 113 Å². The van der Waals surface area contributed by atoms with Crippen LogP contribution in [-0.2, 0) is 24.3 Å². The maximum atomic E-state index is 13.4. The first kappa shape index (κ1) is 28.5. The van der Waals surface area contributed by atoms with E-state index in [9.17, 15) is 39.6 Å². The normalized spacial score (nSPS) is 35.5. The Bertz CT molecular complexity index is 829. The molecule has 3 aliphatic carbocycles. The van der Waals surface area contributed by atoms with Crippen molar-refractivity contribution in [3.05, 3.63) is 0 Å². The van der Waals surface area contributed by atoms with Crippen molar-refractivity contribution in [2.75, 3.05) is 0 Å². The first-order valence-electron chi connectivity index (χ1n) is 11.9. The number of ether oxygens (including phenoxy) is 2. The number of nitrogens with one attached hydrogen (secondary N) is 1. The highest BCUT2D eigenvalue weighted by atomic mass is 32.2. The van der Waals surface area contributed by atoms with E-state index in [0.717, 1.165) is 0 Å². The van der Waals surface area contributed by atoms with Gasteiger partial charge in [-0.2, -0.15) is 13.2 Å². The van der Waals surface area contributed by atoms with Gasteiger partial charge in [-0.25, -0.2) is 13.6 Å². The van der Waals surface area contributed by atoms with Crippen molar-refractivity contribution in [3.63, 3.8) is 0 Å². The summed E-state index contributed by atoms with van der Waals surface area (Å²) in [6.07, 6.45) is -10.1. The molecule has 14 heteroatoms. The summed E-state index contributed by atoms with van der Waals surface area (Å²) >= 11 is 0. The largest absolute Gasteiger partial charge is 0.522 e. The van der Waals surface area contributed by atoms with Crippen LogP contribution >= 0.6 is 0 Å². The second-order valence-electron chi connectivity index (χ2n) is 9.88. The summed E-state index contributed by atoms with van der Waals surface area (Å²) in [4.78, 5) is 13.1. The van der Waals surface area contributed by atoms with Gasteiger partial charge in [-0.1, -0.05) is 6.42 Å². The Morgan fingerprint density at radius 3 is 2.06 bits per heavy atom. The molecule has 7 nitrogen and oxygen atoms in total. The molecule has 5 unspecified atom stereocenters. The third-order valence-corrected chi connectivity index (χ3v) is 8.67. The van der Waals surface area contributed by atoms with Crippen LogP contribution in [0.5, 0.6) is 0 Å². The van der Waals surface area contributed by atoms with Crippen molar-refractivity contribution in [2.24, 2.45) is 17.0 Å². The fourth-order valence-electron chi connectivity index (χ4n) is 5.48. The molecule has 3 rings (SSSR count). The number of carbonyl (C=O) groups is 1. The van der Waals surface area contributed by atoms with Crippen molar-refractivity contribution in [1.82, 2.24) is 5.32 Å². The van der Waals surface area contributed by atoms with Gasteiger partial charge in [-0.3, -0.25) is 9.53 Å². The van der Waals surface area contributed by atoms with Crippen LogP contribution in [0, 0.1) is 11.8 Å². The highest BCUT2D eigenvalue weighted by Crippen LogP contribution is 2.42. The molecule has 0 radical (unpaired) electrons. The summed E-state index contributed by atoms with van der Waals surface area (Å²) in [6.45, 7) is 0. The zero-order valence-corrected chi connectivity index (χ0v) is 19.9. The van der Waals surface area contributed by atoms with Crippen LogP contribution in [0.4, 0.5) is 26.3 Å². The van der Waals surface area contributed by atoms with E-state index in [1.54, 1.807) is 0 Å². The van der Waals surface area contributed by atoms with Crippen LogP contribution in [0.15, 0.2) is 0 Å². The van der Waals surface area contributed by atoms with E-state index in [-0.39, 0.29) is 44.9 Å². The highest BCUT2D eigenvalue weighted by Gasteiger charge is 2.48. The van der Waals surface area contributed by atoms with Gasteiger partial charge in [0.25, 0.3) is 0 Å². The lowest BCUT2D eigenvalue weighted by Crippen LogP contribution is -2.50. The topological polar surface area (TPSA) is 108 Å². The van der Waals surface area contributed by atoms with Crippen molar-refractivity contribution in [3.8, 4) is 0 Å². The molecule has 1 amide bonds. The third kappa shape index (κ3) is 8.46. The number of hydrogen-bond acceptors (Lipinski definition) is 5. The standard InChI is InChI=1S/C21H32F6N2O5S/c22-20(23,24)12-4-9-18(33-14-5-7-15(8-6-14)34-21(25,26)27)17(10-12)19(30)29-13-2-1-3-16(11-13)35(28,31)32/h12-18H,1-11H2,(H,29,30)(H2,28,31,32). The summed E-state index contributed by atoms with van der Waals surface area (Å²) in [5.74, 6) is -3.40. The maximum absolute atomic E-state index is 13.4. The van der Waals surface area contributed by atoms with Crippen LogP contribution < -0.4 is 10.5 Å². The first-order chi connectivity index (χ1) is 16.1. The molecule has 0 heterocycles. The molecule has 0 aromatic carbocycles. The monoisotopic (exact) mass is 538 g/mol. The number of sulfonamides is 1. The molecule has 35 heavy (non-hydrogen) atoms. The zero-order chi connectivity index (χ0) is 26.0. The van der Waals surface area contributed by atoms with E-state index in [2.05, 4.69) is 10.1 Å². The first-order valence-corrected chi connectivity index (χ1v) is 13.5. The average molecular weight is 539 g/mol. The molecule has 0 saturated heterocycles.